The van der Waals surface area contributed by atoms with Gasteiger partial charge in [0.25, 0.3) is 11.8 Å². The smallest absolute Gasteiger partial charge is 0.267 e. The number of guanidine groups is 5. The molecule has 0 saturated carbocycles. The minimum absolute atomic E-state index is 0.0205. The average Bonchev–Trinajstić information content (AvgIpc) is 1.59. The van der Waals surface area contributed by atoms with E-state index in [2.05, 4.69) is 100 Å². The Bertz CT molecular complexity index is 6300. The Morgan fingerprint density at radius 2 is 1.08 bits per heavy atom. The summed E-state index contributed by atoms with van der Waals surface area (Å²) < 4.78 is 18.1. The summed E-state index contributed by atoms with van der Waals surface area (Å²) in [6, 6.07) is 63.2. The number of hydrogen-bond donors (Lipinski definition) is 5. The normalized spacial score (nSPS) is 19.7. The number of nitriles is 2. The van der Waals surface area contributed by atoms with Gasteiger partial charge in [0.15, 0.2) is 35.3 Å². The van der Waals surface area contributed by atoms with Crippen molar-refractivity contribution in [3.05, 3.63) is 273 Å². The zero-order valence-corrected chi connectivity index (χ0v) is 73.6. The third-order valence-corrected chi connectivity index (χ3v) is 26.1. The van der Waals surface area contributed by atoms with E-state index in [1.54, 1.807) is 115 Å². The van der Waals surface area contributed by atoms with Gasteiger partial charge < -0.3 is 33.6 Å². The Balaban J connectivity index is 0.000000133. The topological polar surface area (TPSA) is 393 Å². The first-order chi connectivity index (χ1) is 59.2. The van der Waals surface area contributed by atoms with Gasteiger partial charge in [-0.2, -0.15) is 20.7 Å². The number of carbonyl (C=O) groups excluding carboxylic acids is 5. The van der Waals surface area contributed by atoms with Crippen LogP contribution in [0.15, 0.2) is 248 Å². The lowest BCUT2D eigenvalue weighted by atomic mass is 9.83. The lowest BCUT2D eigenvalue weighted by molar-refractivity contribution is -0.130. The van der Waals surface area contributed by atoms with E-state index in [4.69, 9.17) is 39.2 Å². The molecule has 6 aromatic heterocycles. The van der Waals surface area contributed by atoms with Crippen molar-refractivity contribution in [2.75, 3.05) is 61.6 Å². The van der Waals surface area contributed by atoms with Crippen LogP contribution >= 0.6 is 45.8 Å². The number of rotatable bonds is 15. The highest BCUT2D eigenvalue weighted by atomic mass is 32.2. The van der Waals surface area contributed by atoms with E-state index >= 15 is 0 Å². The molecule has 6 aromatic carbocycles. The lowest BCUT2D eigenvalue weighted by Gasteiger charge is -2.33. The molecule has 0 saturated heterocycles. The fourth-order valence-corrected chi connectivity index (χ4v) is 18.3. The number of amides is 5. The van der Waals surface area contributed by atoms with Crippen LogP contribution in [0.3, 0.4) is 0 Å². The number of aromatic nitrogens is 5. The third-order valence-electron chi connectivity index (χ3n) is 22.1. The molecule has 11 heterocycles. The van der Waals surface area contributed by atoms with Crippen LogP contribution in [0.25, 0.3) is 53.4 Å². The Morgan fingerprint density at radius 1 is 0.516 bits per heavy atom. The molecule has 0 bridgehead atoms. The first-order valence-electron chi connectivity index (χ1n) is 39.1. The fourth-order valence-electron chi connectivity index (χ4n) is 14.9. The van der Waals surface area contributed by atoms with Crippen molar-refractivity contribution in [2.24, 2.45) is 67.7 Å². The van der Waals surface area contributed by atoms with Crippen molar-refractivity contribution >= 4 is 115 Å². The van der Waals surface area contributed by atoms with Gasteiger partial charge in [0, 0.05) is 126 Å². The third kappa shape index (κ3) is 17.7. The molecule has 10 N–H and O–H groups in total. The average molecular weight is 1740 g/mol. The van der Waals surface area contributed by atoms with Crippen molar-refractivity contribution in [1.29, 1.82) is 10.5 Å². The zero-order chi connectivity index (χ0) is 88.9. The largest absolute Gasteiger partial charge is 0.369 e. The van der Waals surface area contributed by atoms with E-state index in [-0.39, 0.29) is 77.7 Å². The number of thioether (sulfide) groups is 1. The standard InChI is InChI=1S/C21H19N3OS2.C19H22N4O.C18H19N5OS.C17H17FN6O.C16H15N5OS/c1-24-19(25)21(23-20(24)22,15-8-4-3-5-9-15)18-12-11-17(27-18)14-7-6-10-16(13-14)26-2;1-22(2)13-14-23-17(24)19(21-18(23)20,15-9-5-3-6-10-15)16-11-7-4-8-12-16;1-18(7-16(24)23(3)17(19)21-18)12-4-5-15-13(6-12)14(10-25-15)11-8-20-22(2)9-11;1-17(8-15(25)23(2)16(20)21-17)14-7-13(22-24(14)3)10-4-5-12(18)11(6-10)9-19;1-16(6-14(22)21(2)15(18)20-16)11-5-10(8-19-9-11)13-4-3-12(7-17)23-13/h3-13H,1-2H3,(H2,22,23);3-12H,13-14H2,1-2H3,(H2,20,21);4-6,8-10H,7H2,1-3H3,(H2,19,21);4-7H,8H2,1-3H3,(H2,20,21);3-5,8-9H,6H2,1-2H3,(H2,18,20)/t;;18-;17-;16-/m..000/s1. The molecule has 1 unspecified atom stereocenters. The minimum Gasteiger partial charge on any atom is -0.369 e. The minimum atomic E-state index is -1.11. The number of likely N-dealkylation sites (N-methyl/N-ethyl adjacent to an activating group) is 2. The molecular weight excluding hydrogens is 1640 g/mol. The maximum Gasteiger partial charge on any atom is 0.267 e. The van der Waals surface area contributed by atoms with Gasteiger partial charge in [-0.3, -0.25) is 62.8 Å². The Labute approximate surface area is 733 Å². The van der Waals surface area contributed by atoms with E-state index in [9.17, 15) is 28.4 Å². The van der Waals surface area contributed by atoms with Crippen molar-refractivity contribution < 1.29 is 28.4 Å². The number of halogens is 1. The number of carbonyl (C=O) groups is 5. The number of thiophene rings is 3. The second-order valence-corrected chi connectivity index (χ2v) is 34.9. The monoisotopic (exact) mass is 1730 g/mol. The highest BCUT2D eigenvalue weighted by Gasteiger charge is 2.52. The van der Waals surface area contributed by atoms with Crippen LogP contribution in [0.2, 0.25) is 0 Å². The maximum atomic E-state index is 13.5. The molecule has 632 valence electrons. The quantitative estimate of drug-likeness (QED) is 0.0595. The van der Waals surface area contributed by atoms with Gasteiger partial charge in [-0.25, -0.2) is 29.4 Å². The molecule has 0 radical (unpaired) electrons. The van der Waals surface area contributed by atoms with Crippen LogP contribution in [-0.4, -0.2) is 175 Å². The number of aliphatic imine (C=N–C) groups is 5. The number of aryl methyl sites for hydroxylation is 2. The van der Waals surface area contributed by atoms with Crippen LogP contribution in [0.4, 0.5) is 4.39 Å². The van der Waals surface area contributed by atoms with Crippen LogP contribution < -0.4 is 28.7 Å². The summed E-state index contributed by atoms with van der Waals surface area (Å²) >= 11 is 6.40. The molecule has 4 atom stereocenters. The first kappa shape index (κ1) is 88.0. The summed E-state index contributed by atoms with van der Waals surface area (Å²) in [5, 5.41) is 29.9. The molecule has 12 aromatic rings. The van der Waals surface area contributed by atoms with Gasteiger partial charge in [0.2, 0.25) is 23.3 Å². The number of pyridine rings is 1. The predicted octanol–water partition coefficient (Wildman–Crippen LogP) is 12.1. The number of hydrogen-bond acceptors (Lipinski definition) is 25. The molecule has 0 spiro atoms. The van der Waals surface area contributed by atoms with E-state index in [1.807, 2.05) is 181 Å². The van der Waals surface area contributed by atoms with Crippen molar-refractivity contribution in [3.63, 3.8) is 0 Å². The summed E-state index contributed by atoms with van der Waals surface area (Å²) in [6.07, 6.45) is 10.1. The highest BCUT2D eigenvalue weighted by Crippen LogP contribution is 2.47. The van der Waals surface area contributed by atoms with E-state index in [0.717, 1.165) is 76.6 Å². The highest BCUT2D eigenvalue weighted by molar-refractivity contribution is 7.98. The second-order valence-electron chi connectivity index (χ2n) is 30.9. The maximum absolute atomic E-state index is 13.5. The molecule has 0 fully saturated rings. The summed E-state index contributed by atoms with van der Waals surface area (Å²) in [6.45, 7) is 6.89. The Morgan fingerprint density at radius 3 is 1.63 bits per heavy atom. The number of nitrogens with zero attached hydrogens (tertiary/aromatic N) is 18. The van der Waals surface area contributed by atoms with Gasteiger partial charge in [0.1, 0.15) is 28.4 Å². The zero-order valence-electron chi connectivity index (χ0n) is 70.3. The molecule has 17 rings (SSSR count). The molecule has 0 aliphatic carbocycles. The van der Waals surface area contributed by atoms with Crippen molar-refractivity contribution in [2.45, 2.75) is 72.6 Å². The molecule has 28 nitrogen and oxygen atoms in total. The summed E-state index contributed by atoms with van der Waals surface area (Å²) in [5.41, 5.74) is 35.8. The predicted molar refractivity (Wildman–Crippen MR) is 487 cm³/mol. The summed E-state index contributed by atoms with van der Waals surface area (Å²) in [5.74, 6) is 0.0957. The number of benzene rings is 6. The van der Waals surface area contributed by atoms with Gasteiger partial charge in [-0.1, -0.05) is 109 Å². The second kappa shape index (κ2) is 36.1. The van der Waals surface area contributed by atoms with Gasteiger partial charge in [-0.15, -0.1) is 45.8 Å². The van der Waals surface area contributed by atoms with E-state index in [1.165, 1.54) is 52.7 Å². The molecule has 124 heavy (non-hydrogen) atoms. The first-order valence-corrected chi connectivity index (χ1v) is 42.8. The Hall–Kier alpha value is -13.8. The molecule has 33 heteroatoms. The van der Waals surface area contributed by atoms with Crippen molar-refractivity contribution in [3.8, 4) is 55.4 Å². The number of nitrogens with two attached hydrogens (primary N) is 5. The van der Waals surface area contributed by atoms with Crippen LogP contribution in [0.5, 0.6) is 0 Å². The molecule has 5 aliphatic rings. The SMILES string of the molecule is CN(C)CCN1C(=O)C(c2ccccc2)(c2ccccc2)N=C1N.CN1C(=O)C[C@@](C)(c2cc(-c3ccc(F)c(C#N)c3)nn2C)N=C1N.CN1C(=O)C[C@@](C)(c2ccc3scc(-c4cnn(C)c4)c3c2)N=C1N.CN1C(=O)C[C@@](C)(c2cncc(-c3ccc(C#N)s3)c2)N=C1N.CSc1cccc(-c2ccc(C3(c4ccccc4)N=C(N)N(C)C3=O)s2)c1. The summed E-state index contributed by atoms with van der Waals surface area (Å²) in [4.78, 5) is 104. The van der Waals surface area contributed by atoms with Crippen molar-refractivity contribution in [1.82, 2.24) is 53.9 Å². The molecular formula is C91H92FN23O5S4. The van der Waals surface area contributed by atoms with Crippen LogP contribution in [0.1, 0.15) is 88.9 Å². The van der Waals surface area contributed by atoms with Crippen LogP contribution in [-0.2, 0) is 65.8 Å². The van der Waals surface area contributed by atoms with E-state index < -0.39 is 33.5 Å². The van der Waals surface area contributed by atoms with Crippen LogP contribution in [0, 0.1) is 28.5 Å². The summed E-state index contributed by atoms with van der Waals surface area (Å²) in [7, 11) is 14.1. The molecule has 5 aliphatic heterocycles. The van der Waals surface area contributed by atoms with Gasteiger partial charge in [-0.05, 0) is 159 Å². The fraction of sp³-hybridized carbons (Fsp3) is 0.242. The lowest BCUT2D eigenvalue weighted by Crippen LogP contribution is -2.48. The molecule has 5 amide bonds. The van der Waals surface area contributed by atoms with E-state index in [0.29, 0.717) is 34.8 Å². The van der Waals surface area contributed by atoms with Gasteiger partial charge in [0.05, 0.1) is 53.5 Å². The Kier molecular flexibility index (Phi) is 25.6. The van der Waals surface area contributed by atoms with Gasteiger partial charge >= 0.3 is 0 Å². The number of fused-ring (bicyclic) bond motifs is 1.